The Morgan fingerprint density at radius 2 is 1.50 bits per heavy atom. The first kappa shape index (κ1) is 28.1. The minimum absolute atomic E-state index is 0.118. The van der Waals surface area contributed by atoms with Crippen molar-refractivity contribution in [2.45, 2.75) is 31.6 Å². The van der Waals surface area contributed by atoms with Crippen molar-refractivity contribution in [3.63, 3.8) is 0 Å². The summed E-state index contributed by atoms with van der Waals surface area (Å²) in [5, 5.41) is 12.6. The Kier molecular flexibility index (Phi) is 9.78. The quantitative estimate of drug-likeness (QED) is 0.214. The van der Waals surface area contributed by atoms with Gasteiger partial charge < -0.3 is 14.3 Å². The van der Waals surface area contributed by atoms with Gasteiger partial charge in [-0.25, -0.2) is 20.0 Å². The second-order valence-electron chi connectivity index (χ2n) is 8.51. The molecule has 2 atom stereocenters. The predicted octanol–water partition coefficient (Wildman–Crippen LogP) is 5.14. The summed E-state index contributed by atoms with van der Waals surface area (Å²) < 4.78 is 10.6. The van der Waals surface area contributed by atoms with Crippen LogP contribution in [-0.2, 0) is 27.5 Å². The summed E-state index contributed by atoms with van der Waals surface area (Å²) in [6.45, 7) is 0.268. The Labute approximate surface area is 224 Å². The van der Waals surface area contributed by atoms with E-state index in [1.807, 2.05) is 0 Å². The molecule has 0 aromatic heterocycles. The molecule has 0 aliphatic heterocycles. The molecule has 0 radical (unpaired) electrons. The molecule has 3 aromatic carbocycles. The van der Waals surface area contributed by atoms with Crippen molar-refractivity contribution in [2.75, 3.05) is 6.54 Å². The number of aldehydes is 1. The number of amides is 2. The van der Waals surface area contributed by atoms with Crippen molar-refractivity contribution < 1.29 is 28.8 Å². The summed E-state index contributed by atoms with van der Waals surface area (Å²) >= 11 is 5.98. The van der Waals surface area contributed by atoms with Crippen molar-refractivity contribution in [1.82, 2.24) is 10.4 Å². The van der Waals surface area contributed by atoms with Crippen LogP contribution in [0, 0.1) is 10.1 Å². The fourth-order valence-corrected chi connectivity index (χ4v) is 3.88. The first-order valence-corrected chi connectivity index (χ1v) is 11.9. The van der Waals surface area contributed by atoms with Crippen LogP contribution in [0.2, 0.25) is 5.02 Å². The van der Waals surface area contributed by atoms with Gasteiger partial charge in [-0.15, -0.1) is 0 Å². The second-order valence-corrected chi connectivity index (χ2v) is 8.95. The molecule has 0 heterocycles. The normalized spacial score (nSPS) is 12.9. The molecular weight excluding hydrogens is 514 g/mol. The Balaban J connectivity index is 1.92. The highest BCUT2D eigenvalue weighted by molar-refractivity contribution is 6.30. The van der Waals surface area contributed by atoms with Crippen LogP contribution in [0.1, 0.15) is 29.5 Å². The van der Waals surface area contributed by atoms with E-state index in [2.05, 4.69) is 5.43 Å². The fourth-order valence-electron chi connectivity index (χ4n) is 3.76. The molecule has 0 aliphatic rings. The van der Waals surface area contributed by atoms with E-state index in [0.29, 0.717) is 33.0 Å². The average Bonchev–Trinajstić information content (AvgIpc) is 2.93. The summed E-state index contributed by atoms with van der Waals surface area (Å²) in [5.74, 6) is -1.19. The molecular formula is C27H26ClN3O7. The topological polar surface area (TPSA) is 128 Å². The second kappa shape index (κ2) is 13.2. The van der Waals surface area contributed by atoms with Gasteiger partial charge in [-0.3, -0.25) is 10.1 Å². The van der Waals surface area contributed by atoms with Gasteiger partial charge in [0.25, 0.3) is 0 Å². The van der Waals surface area contributed by atoms with Crippen molar-refractivity contribution in [3.8, 4) is 0 Å². The zero-order valence-corrected chi connectivity index (χ0v) is 21.2. The number of nitro groups is 1. The van der Waals surface area contributed by atoms with Crippen LogP contribution in [-0.4, -0.2) is 40.5 Å². The van der Waals surface area contributed by atoms with Crippen LogP contribution in [0.25, 0.3) is 0 Å². The Morgan fingerprint density at radius 3 is 2.00 bits per heavy atom. The van der Waals surface area contributed by atoms with Gasteiger partial charge in [-0.1, -0.05) is 84.4 Å². The molecule has 10 nitrogen and oxygen atoms in total. The number of hydrazine groups is 1. The third kappa shape index (κ3) is 7.53. The van der Waals surface area contributed by atoms with E-state index in [-0.39, 0.29) is 13.2 Å². The molecule has 0 fully saturated rings. The highest BCUT2D eigenvalue weighted by atomic mass is 35.5. The van der Waals surface area contributed by atoms with Gasteiger partial charge in [0.15, 0.2) is 0 Å². The molecule has 2 amide bonds. The van der Waals surface area contributed by atoms with E-state index < -0.39 is 35.1 Å². The van der Waals surface area contributed by atoms with E-state index in [4.69, 9.17) is 21.1 Å². The maximum atomic E-state index is 13.3. The van der Waals surface area contributed by atoms with Crippen molar-refractivity contribution >= 4 is 30.1 Å². The van der Waals surface area contributed by atoms with Gasteiger partial charge in [-0.2, -0.15) is 0 Å². The van der Waals surface area contributed by atoms with Gasteiger partial charge in [0.05, 0.1) is 5.92 Å². The van der Waals surface area contributed by atoms with E-state index in [0.717, 1.165) is 0 Å². The van der Waals surface area contributed by atoms with Crippen molar-refractivity contribution in [2.24, 2.45) is 0 Å². The maximum Gasteiger partial charge on any atom is 0.430 e. The first-order valence-electron chi connectivity index (χ1n) is 11.5. The molecule has 3 rings (SSSR count). The number of nitrogens with one attached hydrogen (secondary N) is 1. The zero-order valence-electron chi connectivity index (χ0n) is 20.5. The maximum absolute atomic E-state index is 13.3. The standard InChI is InChI=1S/C27H26ClN3O7/c1-27(19-32,24(16-30(35)36)22-12-14-23(28)15-13-22)31(26(34)38-18-21-10-6-3-7-11-21)29-25(33)37-17-20-8-4-2-5-9-20/h2-15,19,24H,16-18H2,1H3,(H,29,33)/t24-,27-/m1/s1. The molecule has 1 N–H and O–H groups in total. The van der Waals surface area contributed by atoms with E-state index in [1.165, 1.54) is 31.2 Å². The number of rotatable bonds is 10. The lowest BCUT2D eigenvalue weighted by Crippen LogP contribution is -2.63. The summed E-state index contributed by atoms with van der Waals surface area (Å²) in [4.78, 5) is 49.6. The van der Waals surface area contributed by atoms with E-state index >= 15 is 0 Å². The molecule has 0 aliphatic carbocycles. The van der Waals surface area contributed by atoms with Gasteiger partial charge in [0.1, 0.15) is 25.0 Å². The van der Waals surface area contributed by atoms with Crippen LogP contribution in [0.15, 0.2) is 84.9 Å². The lowest BCUT2D eigenvalue weighted by atomic mass is 9.81. The molecule has 198 valence electrons. The molecule has 3 aromatic rings. The fraction of sp³-hybridized carbons (Fsp3) is 0.222. The largest absolute Gasteiger partial charge is 0.443 e. The molecule has 0 saturated carbocycles. The summed E-state index contributed by atoms with van der Waals surface area (Å²) in [6.07, 6.45) is -1.81. The number of hydrogen-bond donors (Lipinski definition) is 1. The number of hydrogen-bond acceptors (Lipinski definition) is 7. The Morgan fingerprint density at radius 1 is 0.974 bits per heavy atom. The lowest BCUT2D eigenvalue weighted by Gasteiger charge is -2.39. The summed E-state index contributed by atoms with van der Waals surface area (Å²) in [6, 6.07) is 23.6. The third-order valence-corrected chi connectivity index (χ3v) is 6.09. The number of benzene rings is 3. The van der Waals surface area contributed by atoms with E-state index in [9.17, 15) is 24.5 Å². The number of carbonyl (C=O) groups is 3. The third-order valence-electron chi connectivity index (χ3n) is 5.83. The van der Waals surface area contributed by atoms with Gasteiger partial charge in [0.2, 0.25) is 6.54 Å². The average molecular weight is 540 g/mol. The highest BCUT2D eigenvalue weighted by Crippen LogP contribution is 2.33. The smallest absolute Gasteiger partial charge is 0.430 e. The molecule has 0 spiro atoms. The van der Waals surface area contributed by atoms with Crippen LogP contribution in [0.3, 0.4) is 0 Å². The summed E-state index contributed by atoms with van der Waals surface area (Å²) in [7, 11) is 0. The van der Waals surface area contributed by atoms with Crippen LogP contribution in [0.5, 0.6) is 0 Å². The lowest BCUT2D eigenvalue weighted by molar-refractivity contribution is -0.485. The molecule has 0 saturated heterocycles. The molecule has 38 heavy (non-hydrogen) atoms. The van der Waals surface area contributed by atoms with Crippen LogP contribution < -0.4 is 5.43 Å². The summed E-state index contributed by atoms with van der Waals surface area (Å²) in [5.41, 5.74) is 2.00. The SMILES string of the molecule is C[C@@](C=O)([C@H](C[N+](=O)[O-])c1ccc(Cl)cc1)N(NC(=O)OCc1ccccc1)C(=O)OCc1ccccc1. The van der Waals surface area contributed by atoms with E-state index in [1.54, 1.807) is 60.7 Å². The number of carbonyl (C=O) groups excluding carboxylic acids is 3. The van der Waals surface area contributed by atoms with Crippen molar-refractivity contribution in [1.29, 1.82) is 0 Å². The molecule has 11 heteroatoms. The number of ether oxygens (including phenoxy) is 2. The van der Waals surface area contributed by atoms with Gasteiger partial charge >= 0.3 is 12.2 Å². The Hall–Kier alpha value is -4.44. The zero-order chi connectivity index (χ0) is 27.5. The predicted molar refractivity (Wildman–Crippen MR) is 139 cm³/mol. The minimum Gasteiger partial charge on any atom is -0.443 e. The monoisotopic (exact) mass is 539 g/mol. The number of halogens is 1. The minimum atomic E-state index is -1.96. The highest BCUT2D eigenvalue weighted by Gasteiger charge is 2.48. The molecule has 0 bridgehead atoms. The van der Waals surface area contributed by atoms with Gasteiger partial charge in [-0.05, 0) is 35.7 Å². The Bertz CT molecular complexity index is 1240. The van der Waals surface area contributed by atoms with Gasteiger partial charge in [0, 0.05) is 9.95 Å². The van der Waals surface area contributed by atoms with Crippen LogP contribution >= 0.6 is 11.6 Å². The molecule has 0 unspecified atom stereocenters. The van der Waals surface area contributed by atoms with Crippen LogP contribution in [0.4, 0.5) is 9.59 Å². The van der Waals surface area contributed by atoms with Crippen molar-refractivity contribution in [3.05, 3.63) is 117 Å². The first-order chi connectivity index (χ1) is 18.2. The number of nitrogens with zero attached hydrogens (tertiary/aromatic N) is 2.